The number of hydrogen-bond donors (Lipinski definition) is 2. The fraction of sp³-hybridized carbons (Fsp3) is 0.0556. The smallest absolute Gasteiger partial charge is 0.232 e. The number of azo groups is 2. The van der Waals surface area contributed by atoms with Gasteiger partial charge in [0.2, 0.25) is 11.0 Å². The quantitative estimate of drug-likeness (QED) is 0.323. The van der Waals surface area contributed by atoms with Crippen molar-refractivity contribution in [1.82, 2.24) is 9.97 Å². The van der Waals surface area contributed by atoms with E-state index in [0.717, 1.165) is 10.9 Å². The molecule has 0 aliphatic rings. The summed E-state index contributed by atoms with van der Waals surface area (Å²) in [4.78, 5) is 7.18. The number of fused-ring (bicyclic) bond motifs is 1. The lowest BCUT2D eigenvalue weighted by Gasteiger charge is -1.96. The van der Waals surface area contributed by atoms with Crippen molar-refractivity contribution in [3.05, 3.63) is 58.2 Å². The van der Waals surface area contributed by atoms with Crippen molar-refractivity contribution >= 4 is 66.9 Å². The van der Waals surface area contributed by atoms with Gasteiger partial charge in [0.1, 0.15) is 5.69 Å². The number of aromatic nitrogens is 2. The fourth-order valence-corrected chi connectivity index (χ4v) is 3.64. The molecule has 4 rings (SSSR count). The zero-order valence-corrected chi connectivity index (χ0v) is 16.7. The third-order valence-electron chi connectivity index (χ3n) is 3.81. The van der Waals surface area contributed by atoms with Crippen molar-refractivity contribution in [2.24, 2.45) is 20.5 Å². The van der Waals surface area contributed by atoms with Crippen LogP contribution in [-0.2, 0) is 0 Å². The van der Waals surface area contributed by atoms with Crippen LogP contribution in [-0.4, -0.2) is 15.1 Å². The second-order valence-corrected chi connectivity index (χ2v) is 7.55. The summed E-state index contributed by atoms with van der Waals surface area (Å²) < 4.78 is 0. The maximum atomic E-state index is 10.0. The number of thiazole rings is 1. The summed E-state index contributed by atoms with van der Waals surface area (Å²) in [6.45, 7) is 1.80. The van der Waals surface area contributed by atoms with Crippen LogP contribution in [0.25, 0.3) is 10.9 Å². The van der Waals surface area contributed by atoms with Crippen molar-refractivity contribution in [1.29, 1.82) is 0 Å². The summed E-state index contributed by atoms with van der Waals surface area (Å²) >= 11 is 13.2. The molecule has 0 spiro atoms. The molecule has 4 aromatic rings. The molecular weight excluding hydrogens is 419 g/mol. The molecule has 0 unspecified atom stereocenters. The maximum Gasteiger partial charge on any atom is 0.232 e. The van der Waals surface area contributed by atoms with E-state index in [-0.39, 0.29) is 5.88 Å². The number of benzene rings is 2. The van der Waals surface area contributed by atoms with Gasteiger partial charge in [-0.1, -0.05) is 52.7 Å². The minimum atomic E-state index is -0.0458. The molecule has 0 radical (unpaired) electrons. The van der Waals surface area contributed by atoms with E-state index in [2.05, 4.69) is 30.4 Å². The summed E-state index contributed by atoms with van der Waals surface area (Å²) in [6.07, 6.45) is 0. The van der Waals surface area contributed by atoms with Crippen LogP contribution in [0.3, 0.4) is 0 Å². The molecular formula is C18H12Cl2N6OS. The van der Waals surface area contributed by atoms with E-state index in [0.29, 0.717) is 37.2 Å². The van der Waals surface area contributed by atoms with Gasteiger partial charge in [0.25, 0.3) is 0 Å². The predicted octanol–water partition coefficient (Wildman–Crippen LogP) is 7.78. The first kappa shape index (κ1) is 18.5. The minimum Gasteiger partial charge on any atom is -0.493 e. The van der Waals surface area contributed by atoms with Gasteiger partial charge in [-0.3, -0.25) is 0 Å². The summed E-state index contributed by atoms with van der Waals surface area (Å²) in [6, 6.07) is 12.4. The molecule has 10 heteroatoms. The van der Waals surface area contributed by atoms with Gasteiger partial charge >= 0.3 is 0 Å². The molecule has 0 fully saturated rings. The van der Waals surface area contributed by atoms with Crippen molar-refractivity contribution in [3.63, 3.8) is 0 Å². The lowest BCUT2D eigenvalue weighted by atomic mass is 10.2. The Hall–Kier alpha value is -2.81. The van der Waals surface area contributed by atoms with Crippen LogP contribution in [0.1, 0.15) is 5.69 Å². The number of H-pyrrole nitrogens is 1. The lowest BCUT2D eigenvalue weighted by Crippen LogP contribution is -1.70. The summed E-state index contributed by atoms with van der Waals surface area (Å²) in [5.74, 6) is -0.0458. The molecule has 2 aromatic carbocycles. The van der Waals surface area contributed by atoms with Gasteiger partial charge in [-0.25, -0.2) is 4.98 Å². The third-order valence-corrected chi connectivity index (χ3v) is 5.28. The highest BCUT2D eigenvalue weighted by molar-refractivity contribution is 7.19. The number of halogens is 2. The number of hydrogen-bond acceptors (Lipinski definition) is 7. The molecule has 7 nitrogen and oxygen atoms in total. The Labute approximate surface area is 173 Å². The molecule has 2 aromatic heterocycles. The number of aryl methyl sites for hydroxylation is 1. The van der Waals surface area contributed by atoms with Crippen molar-refractivity contribution in [2.75, 3.05) is 0 Å². The second kappa shape index (κ2) is 7.67. The first-order valence-electron chi connectivity index (χ1n) is 8.07. The van der Waals surface area contributed by atoms with Crippen LogP contribution in [0, 0.1) is 6.92 Å². The van der Waals surface area contributed by atoms with Crippen LogP contribution < -0.4 is 0 Å². The first-order valence-corrected chi connectivity index (χ1v) is 9.64. The molecule has 0 aliphatic carbocycles. The van der Waals surface area contributed by atoms with E-state index in [9.17, 15) is 5.11 Å². The van der Waals surface area contributed by atoms with E-state index < -0.39 is 0 Å². The number of para-hydroxylation sites is 1. The van der Waals surface area contributed by atoms with Crippen LogP contribution >= 0.6 is 34.5 Å². The van der Waals surface area contributed by atoms with Crippen molar-refractivity contribution < 1.29 is 5.11 Å². The average Bonchev–Trinajstić information content (AvgIpc) is 3.18. The van der Waals surface area contributed by atoms with Gasteiger partial charge in [-0.05, 0) is 31.2 Å². The Balaban J connectivity index is 1.60. The third kappa shape index (κ3) is 3.75. The number of aromatic hydroxyl groups is 1. The predicted molar refractivity (Wildman–Crippen MR) is 112 cm³/mol. The molecule has 0 atom stereocenters. The Bertz CT molecular complexity index is 1230. The number of aromatic amines is 1. The van der Waals surface area contributed by atoms with Crippen molar-refractivity contribution in [2.45, 2.75) is 6.92 Å². The molecule has 0 aliphatic heterocycles. The highest BCUT2D eigenvalue weighted by Gasteiger charge is 2.11. The van der Waals surface area contributed by atoms with Crippen LogP contribution in [0.5, 0.6) is 5.88 Å². The summed E-state index contributed by atoms with van der Waals surface area (Å²) in [5, 5.41) is 29.4. The molecule has 0 saturated heterocycles. The number of nitrogens with zero attached hydrogens (tertiary/aromatic N) is 5. The largest absolute Gasteiger partial charge is 0.493 e. The van der Waals surface area contributed by atoms with E-state index in [1.54, 1.807) is 25.1 Å². The molecule has 140 valence electrons. The Morgan fingerprint density at radius 2 is 1.86 bits per heavy atom. The summed E-state index contributed by atoms with van der Waals surface area (Å²) in [5.41, 5.74) is 2.31. The van der Waals surface area contributed by atoms with E-state index in [4.69, 9.17) is 23.2 Å². The number of nitrogens with one attached hydrogen (secondary N) is 1. The van der Waals surface area contributed by atoms with E-state index >= 15 is 0 Å². The molecule has 2 heterocycles. The zero-order chi connectivity index (χ0) is 19.7. The SMILES string of the molecule is Cc1nc(N=Nc2c(O)[nH]c3ccccc23)sc1N=Nc1ccc(Cl)cc1Cl. The Kier molecular flexibility index (Phi) is 5.08. The van der Waals surface area contributed by atoms with Crippen LogP contribution in [0.2, 0.25) is 10.0 Å². The topological polar surface area (TPSA) is 98.3 Å². The highest BCUT2D eigenvalue weighted by atomic mass is 35.5. The van der Waals surface area contributed by atoms with Gasteiger partial charge in [0.05, 0.1) is 16.2 Å². The maximum absolute atomic E-state index is 10.0. The molecule has 2 N–H and O–H groups in total. The number of rotatable bonds is 4. The second-order valence-electron chi connectivity index (χ2n) is 5.75. The van der Waals surface area contributed by atoms with Gasteiger partial charge < -0.3 is 10.1 Å². The fourth-order valence-electron chi connectivity index (χ4n) is 2.48. The summed E-state index contributed by atoms with van der Waals surface area (Å²) in [7, 11) is 0. The van der Waals surface area contributed by atoms with Gasteiger partial charge in [-0.15, -0.1) is 20.5 Å². The lowest BCUT2D eigenvalue weighted by molar-refractivity contribution is 0.459. The minimum absolute atomic E-state index is 0.0458. The molecule has 0 saturated carbocycles. The zero-order valence-electron chi connectivity index (χ0n) is 14.4. The van der Waals surface area contributed by atoms with Gasteiger partial charge in [0.15, 0.2) is 10.7 Å². The van der Waals surface area contributed by atoms with Gasteiger partial charge in [0, 0.05) is 10.4 Å². The first-order chi connectivity index (χ1) is 13.5. The molecule has 28 heavy (non-hydrogen) atoms. The van der Waals surface area contributed by atoms with E-state index in [1.165, 1.54) is 11.3 Å². The van der Waals surface area contributed by atoms with Crippen LogP contribution in [0.4, 0.5) is 21.5 Å². The van der Waals surface area contributed by atoms with Gasteiger partial charge in [-0.2, -0.15) is 0 Å². The van der Waals surface area contributed by atoms with Crippen molar-refractivity contribution in [3.8, 4) is 5.88 Å². The normalized spacial score (nSPS) is 12.0. The standard InChI is InChI=1S/C18H12Cl2N6OS/c1-9-17(25-23-14-7-6-10(19)8-12(14)20)28-18(21-9)26-24-15-11-4-2-3-5-13(11)22-16(15)27/h2-8,22,27H,1H3. The highest BCUT2D eigenvalue weighted by Crippen LogP contribution is 2.39. The molecule has 0 bridgehead atoms. The average molecular weight is 431 g/mol. The molecule has 0 amide bonds. The monoisotopic (exact) mass is 430 g/mol. The Morgan fingerprint density at radius 3 is 2.68 bits per heavy atom. The Morgan fingerprint density at radius 1 is 1.04 bits per heavy atom. The van der Waals surface area contributed by atoms with E-state index in [1.807, 2.05) is 24.3 Å². The van der Waals surface area contributed by atoms with Crippen LogP contribution in [0.15, 0.2) is 62.9 Å².